The number of rotatable bonds is 4. The van der Waals surface area contributed by atoms with Crippen LogP contribution in [-0.4, -0.2) is 23.0 Å². The van der Waals surface area contributed by atoms with Crippen LogP contribution in [0, 0.1) is 0 Å². The average molecular weight is 377 g/mol. The molecule has 0 aliphatic heterocycles. The van der Waals surface area contributed by atoms with Crippen LogP contribution in [0.15, 0.2) is 41.2 Å². The maximum absolute atomic E-state index is 12.7. The van der Waals surface area contributed by atoms with Crippen LogP contribution in [0.25, 0.3) is 10.8 Å². The van der Waals surface area contributed by atoms with Gasteiger partial charge in [-0.15, -0.1) is 0 Å². The molecule has 28 heavy (non-hydrogen) atoms. The van der Waals surface area contributed by atoms with E-state index in [1.54, 1.807) is 7.11 Å². The normalized spacial score (nSPS) is 14.4. The third-order valence-electron chi connectivity index (χ3n) is 5.40. The Balaban J connectivity index is 1.56. The van der Waals surface area contributed by atoms with E-state index in [9.17, 15) is 9.59 Å². The van der Waals surface area contributed by atoms with Gasteiger partial charge in [-0.1, -0.05) is 24.3 Å². The summed E-state index contributed by atoms with van der Waals surface area (Å²) in [4.78, 5) is 32.1. The molecule has 6 nitrogen and oxygen atoms in total. The summed E-state index contributed by atoms with van der Waals surface area (Å²) in [7, 11) is 1.64. The van der Waals surface area contributed by atoms with Crippen molar-refractivity contribution in [3.8, 4) is 5.75 Å². The summed E-state index contributed by atoms with van der Waals surface area (Å²) in [6.45, 7) is 1.84. The van der Waals surface area contributed by atoms with Gasteiger partial charge in [-0.3, -0.25) is 19.9 Å². The van der Waals surface area contributed by atoms with E-state index in [2.05, 4.69) is 15.3 Å². The number of aromatic nitrogens is 2. The third kappa shape index (κ3) is 3.50. The fourth-order valence-electron chi connectivity index (χ4n) is 3.68. The topological polar surface area (TPSA) is 84.1 Å². The van der Waals surface area contributed by atoms with Crippen LogP contribution in [0.4, 0.5) is 5.95 Å². The number of ether oxygens (including phenoxy) is 1. The van der Waals surface area contributed by atoms with Crippen LogP contribution in [0.5, 0.6) is 5.75 Å². The van der Waals surface area contributed by atoms with Gasteiger partial charge in [0.2, 0.25) is 11.9 Å². The first kappa shape index (κ1) is 18.2. The van der Waals surface area contributed by atoms with Crippen molar-refractivity contribution in [1.82, 2.24) is 9.97 Å². The first-order chi connectivity index (χ1) is 13.5. The van der Waals surface area contributed by atoms with Crippen LogP contribution in [-0.2, 0) is 17.6 Å². The van der Waals surface area contributed by atoms with Crippen LogP contribution >= 0.6 is 0 Å². The number of methoxy groups -OCH3 is 1. The minimum absolute atomic E-state index is 0.146. The van der Waals surface area contributed by atoms with Gasteiger partial charge in [0.25, 0.3) is 5.56 Å². The number of aryl methyl sites for hydroxylation is 1. The molecule has 2 N–H and O–H groups in total. The summed E-state index contributed by atoms with van der Waals surface area (Å²) in [6.07, 6.45) is 3.57. The summed E-state index contributed by atoms with van der Waals surface area (Å²) in [6, 6.07) is 11.8. The molecule has 0 saturated carbocycles. The second-order valence-corrected chi connectivity index (χ2v) is 7.23. The summed E-state index contributed by atoms with van der Waals surface area (Å²) < 4.78 is 5.25. The Labute approximate surface area is 163 Å². The van der Waals surface area contributed by atoms with Crippen molar-refractivity contribution in [3.63, 3.8) is 0 Å². The van der Waals surface area contributed by atoms with Crippen LogP contribution in [0.1, 0.15) is 42.5 Å². The van der Waals surface area contributed by atoms with Crippen molar-refractivity contribution in [2.75, 3.05) is 12.4 Å². The SMILES string of the molecule is COc1ccc2cc([C@H](C)C(=O)Nc3nc4c(c(=O)[nH]3)CCCC4)ccc2c1. The predicted molar refractivity (Wildman–Crippen MR) is 109 cm³/mol. The molecule has 1 heterocycles. The molecule has 1 aliphatic rings. The zero-order valence-corrected chi connectivity index (χ0v) is 16.0. The number of H-pyrrole nitrogens is 1. The highest BCUT2D eigenvalue weighted by molar-refractivity contribution is 5.95. The molecule has 144 valence electrons. The van der Waals surface area contributed by atoms with E-state index in [0.29, 0.717) is 0 Å². The number of carbonyl (C=O) groups excluding carboxylic acids is 1. The highest BCUT2D eigenvalue weighted by Crippen LogP contribution is 2.26. The molecule has 0 unspecified atom stereocenters. The smallest absolute Gasteiger partial charge is 0.255 e. The highest BCUT2D eigenvalue weighted by atomic mass is 16.5. The molecule has 1 atom stereocenters. The Bertz CT molecular complexity index is 1100. The molecule has 1 amide bonds. The Morgan fingerprint density at radius 1 is 1.14 bits per heavy atom. The molecule has 3 aromatic rings. The van der Waals surface area contributed by atoms with Crippen molar-refractivity contribution < 1.29 is 9.53 Å². The van der Waals surface area contributed by atoms with E-state index in [1.165, 1.54) is 0 Å². The molecule has 2 aromatic carbocycles. The van der Waals surface area contributed by atoms with E-state index in [4.69, 9.17) is 4.74 Å². The Kier molecular flexibility index (Phi) is 4.86. The Morgan fingerprint density at radius 2 is 1.89 bits per heavy atom. The molecular weight excluding hydrogens is 354 g/mol. The van der Waals surface area contributed by atoms with Crippen molar-refractivity contribution in [2.24, 2.45) is 0 Å². The van der Waals surface area contributed by atoms with Crippen molar-refractivity contribution in [2.45, 2.75) is 38.5 Å². The van der Waals surface area contributed by atoms with Gasteiger partial charge in [-0.2, -0.15) is 0 Å². The predicted octanol–water partition coefficient (Wildman–Crippen LogP) is 3.55. The van der Waals surface area contributed by atoms with Gasteiger partial charge in [0.1, 0.15) is 5.75 Å². The van der Waals surface area contributed by atoms with E-state index in [1.807, 2.05) is 43.3 Å². The number of hydrogen-bond acceptors (Lipinski definition) is 4. The summed E-state index contributed by atoms with van der Waals surface area (Å²) in [5, 5.41) is 4.86. The van der Waals surface area contributed by atoms with Crippen LogP contribution < -0.4 is 15.6 Å². The Hall–Kier alpha value is -3.15. The lowest BCUT2D eigenvalue weighted by molar-refractivity contribution is -0.117. The number of nitrogens with one attached hydrogen (secondary N) is 2. The number of fused-ring (bicyclic) bond motifs is 2. The quantitative estimate of drug-likeness (QED) is 0.728. The molecule has 1 aromatic heterocycles. The molecule has 0 bridgehead atoms. The Morgan fingerprint density at radius 3 is 2.71 bits per heavy atom. The molecule has 0 spiro atoms. The highest BCUT2D eigenvalue weighted by Gasteiger charge is 2.19. The summed E-state index contributed by atoms with van der Waals surface area (Å²) >= 11 is 0. The maximum atomic E-state index is 12.7. The monoisotopic (exact) mass is 377 g/mol. The minimum Gasteiger partial charge on any atom is -0.497 e. The van der Waals surface area contributed by atoms with E-state index in [0.717, 1.165) is 59.0 Å². The standard InChI is InChI=1S/C22H23N3O3/c1-13(14-7-8-16-12-17(28-2)10-9-15(16)11-14)20(26)24-22-23-19-6-4-3-5-18(19)21(27)25-22/h7-13H,3-6H2,1-2H3,(H2,23,24,25,26,27)/t13-/m0/s1. The van der Waals surface area contributed by atoms with Crippen molar-refractivity contribution in [1.29, 1.82) is 0 Å². The number of aromatic amines is 1. The summed E-state index contributed by atoms with van der Waals surface area (Å²) in [5.74, 6) is 0.445. The van der Waals surface area contributed by atoms with Crippen molar-refractivity contribution in [3.05, 3.63) is 63.6 Å². The number of hydrogen-bond donors (Lipinski definition) is 2. The molecular formula is C22H23N3O3. The average Bonchev–Trinajstić information content (AvgIpc) is 2.72. The number of benzene rings is 2. The van der Waals surface area contributed by atoms with Crippen molar-refractivity contribution >= 4 is 22.6 Å². The molecule has 0 saturated heterocycles. The lowest BCUT2D eigenvalue weighted by atomic mass is 9.97. The zero-order valence-electron chi connectivity index (χ0n) is 16.0. The molecule has 0 radical (unpaired) electrons. The first-order valence-corrected chi connectivity index (χ1v) is 9.56. The lowest BCUT2D eigenvalue weighted by Gasteiger charge is -2.16. The van der Waals surface area contributed by atoms with Gasteiger partial charge in [0.05, 0.1) is 18.7 Å². The van der Waals surface area contributed by atoms with E-state index < -0.39 is 0 Å². The van der Waals surface area contributed by atoms with Crippen LogP contribution in [0.3, 0.4) is 0 Å². The fourth-order valence-corrected chi connectivity index (χ4v) is 3.68. The first-order valence-electron chi connectivity index (χ1n) is 9.56. The molecule has 1 aliphatic carbocycles. The van der Waals surface area contributed by atoms with Gasteiger partial charge in [0, 0.05) is 5.56 Å². The molecule has 0 fully saturated rings. The number of nitrogens with zero attached hydrogens (tertiary/aromatic N) is 1. The second kappa shape index (κ2) is 7.46. The maximum Gasteiger partial charge on any atom is 0.255 e. The number of anilines is 1. The summed E-state index contributed by atoms with van der Waals surface area (Å²) in [5.41, 5.74) is 2.31. The number of carbonyl (C=O) groups is 1. The zero-order chi connectivity index (χ0) is 19.7. The van der Waals surface area contributed by atoms with Crippen LogP contribution in [0.2, 0.25) is 0 Å². The van der Waals surface area contributed by atoms with Gasteiger partial charge in [-0.05, 0) is 61.1 Å². The number of amides is 1. The third-order valence-corrected chi connectivity index (χ3v) is 5.40. The van der Waals surface area contributed by atoms with Gasteiger partial charge in [0.15, 0.2) is 0 Å². The lowest BCUT2D eigenvalue weighted by Crippen LogP contribution is -2.26. The van der Waals surface area contributed by atoms with E-state index >= 15 is 0 Å². The van der Waals surface area contributed by atoms with Gasteiger partial charge in [-0.25, -0.2) is 4.98 Å². The fraction of sp³-hybridized carbons (Fsp3) is 0.318. The van der Waals surface area contributed by atoms with Gasteiger partial charge < -0.3 is 4.74 Å². The van der Waals surface area contributed by atoms with E-state index in [-0.39, 0.29) is 23.3 Å². The largest absolute Gasteiger partial charge is 0.497 e. The van der Waals surface area contributed by atoms with Gasteiger partial charge >= 0.3 is 0 Å². The molecule has 4 rings (SSSR count). The minimum atomic E-state index is -0.382. The second-order valence-electron chi connectivity index (χ2n) is 7.23. The molecule has 6 heteroatoms.